The van der Waals surface area contributed by atoms with E-state index in [-0.39, 0.29) is 52.5 Å². The van der Waals surface area contributed by atoms with Crippen LogP contribution in [0.1, 0.15) is 76.6 Å². The van der Waals surface area contributed by atoms with Crippen molar-refractivity contribution in [2.24, 2.45) is 5.92 Å². The molecular weight excluding hydrogens is 611 g/mol. The quantitative estimate of drug-likeness (QED) is 0.350. The summed E-state index contributed by atoms with van der Waals surface area (Å²) < 4.78 is 50.2. The lowest BCUT2D eigenvalue weighted by Gasteiger charge is -2.48. The van der Waals surface area contributed by atoms with Gasteiger partial charge in [-0.05, 0) is 74.8 Å². The molecule has 3 heterocycles. The zero-order valence-electron chi connectivity index (χ0n) is 24.7. The highest BCUT2D eigenvalue weighted by atomic mass is 35.5. The standard InChI is InChI=1S/C33H33ClF3N3O5/c1-18-14-20(30(43)44)7-8-21(18)27-22-9-6-19(28(41)39-16-31(17-39)10-3-13-45-31)15-25(22)40(38-27)29(42)26-23(4-2-5-24(26)34)32(11-12-32)33(35,36)37/h2,4-5,7-8,14,19,29,42H,3,6,9-13,15-17H2,1H3,(H,43,44). The highest BCUT2D eigenvalue weighted by molar-refractivity contribution is 6.31. The number of fused-ring (bicyclic) bond motifs is 1. The Morgan fingerprint density at radius 1 is 1.16 bits per heavy atom. The number of carbonyl (C=O) groups excluding carboxylic acids is 1. The number of aliphatic hydroxyl groups excluding tert-OH is 1. The molecule has 2 aliphatic heterocycles. The molecular formula is C33H33ClF3N3O5. The van der Waals surface area contributed by atoms with Crippen molar-refractivity contribution in [3.05, 3.63) is 74.9 Å². The van der Waals surface area contributed by atoms with E-state index in [1.807, 2.05) is 0 Å². The number of nitrogens with zero attached hydrogens (tertiary/aromatic N) is 3. The van der Waals surface area contributed by atoms with E-state index in [0.717, 1.165) is 18.4 Å². The molecule has 238 valence electrons. The molecule has 2 saturated heterocycles. The highest BCUT2D eigenvalue weighted by Gasteiger charge is 2.65. The molecule has 2 N–H and O–H groups in total. The van der Waals surface area contributed by atoms with E-state index in [0.29, 0.717) is 55.1 Å². The molecule has 7 rings (SSSR count). The van der Waals surface area contributed by atoms with Crippen LogP contribution in [0.15, 0.2) is 36.4 Å². The molecule has 4 aliphatic rings. The maximum Gasteiger partial charge on any atom is 0.398 e. The number of benzene rings is 2. The monoisotopic (exact) mass is 643 g/mol. The van der Waals surface area contributed by atoms with Crippen molar-refractivity contribution in [3.8, 4) is 11.3 Å². The number of carbonyl (C=O) groups is 2. The van der Waals surface area contributed by atoms with Crippen LogP contribution in [0.3, 0.4) is 0 Å². The van der Waals surface area contributed by atoms with Gasteiger partial charge in [0, 0.05) is 46.4 Å². The number of rotatable bonds is 6. The topological polar surface area (TPSA) is 105 Å². The molecule has 2 aliphatic carbocycles. The summed E-state index contributed by atoms with van der Waals surface area (Å²) in [6.45, 7) is 3.54. The van der Waals surface area contributed by atoms with Gasteiger partial charge in [-0.25, -0.2) is 9.48 Å². The zero-order chi connectivity index (χ0) is 31.9. The number of halogens is 4. The summed E-state index contributed by atoms with van der Waals surface area (Å²) in [6, 6.07) is 8.94. The van der Waals surface area contributed by atoms with Gasteiger partial charge in [-0.1, -0.05) is 29.8 Å². The molecule has 1 aromatic heterocycles. The average Bonchev–Trinajstić information content (AvgIpc) is 3.51. The zero-order valence-corrected chi connectivity index (χ0v) is 25.4. The number of amides is 1. The first-order valence-electron chi connectivity index (χ1n) is 15.3. The third kappa shape index (κ3) is 4.85. The summed E-state index contributed by atoms with van der Waals surface area (Å²) in [5.41, 5.74) is 0.739. The van der Waals surface area contributed by atoms with E-state index in [2.05, 4.69) is 0 Å². The minimum atomic E-state index is -4.53. The predicted octanol–water partition coefficient (Wildman–Crippen LogP) is 5.84. The van der Waals surface area contributed by atoms with Gasteiger partial charge in [-0.2, -0.15) is 18.3 Å². The summed E-state index contributed by atoms with van der Waals surface area (Å²) in [6.07, 6.45) is -3.27. The molecule has 2 aromatic carbocycles. The molecule has 12 heteroatoms. The number of hydrogen-bond donors (Lipinski definition) is 2. The Morgan fingerprint density at radius 2 is 1.91 bits per heavy atom. The van der Waals surface area contributed by atoms with Crippen molar-refractivity contribution in [3.63, 3.8) is 0 Å². The second-order valence-corrected chi connectivity index (χ2v) is 13.4. The Morgan fingerprint density at radius 3 is 2.53 bits per heavy atom. The van der Waals surface area contributed by atoms with E-state index in [1.54, 1.807) is 17.9 Å². The van der Waals surface area contributed by atoms with Gasteiger partial charge in [-0.15, -0.1) is 0 Å². The molecule has 3 fully saturated rings. The van der Waals surface area contributed by atoms with Gasteiger partial charge in [0.15, 0.2) is 6.23 Å². The van der Waals surface area contributed by atoms with Gasteiger partial charge in [0.2, 0.25) is 5.91 Å². The fourth-order valence-corrected chi connectivity index (χ4v) is 7.84. The number of aromatic carboxylic acids is 1. The smallest absolute Gasteiger partial charge is 0.398 e. The number of aromatic nitrogens is 2. The van der Waals surface area contributed by atoms with Crippen molar-refractivity contribution >= 4 is 23.5 Å². The Kier molecular flexibility index (Phi) is 7.10. The summed E-state index contributed by atoms with van der Waals surface area (Å²) in [4.78, 5) is 27.0. The van der Waals surface area contributed by atoms with Crippen LogP contribution in [0.5, 0.6) is 0 Å². The molecule has 0 bridgehead atoms. The molecule has 45 heavy (non-hydrogen) atoms. The Bertz CT molecular complexity index is 1700. The molecule has 0 radical (unpaired) electrons. The van der Waals surface area contributed by atoms with E-state index in [4.69, 9.17) is 21.4 Å². The third-order valence-corrected chi connectivity index (χ3v) is 10.5. The Hall–Kier alpha value is -3.41. The molecule has 1 spiro atoms. The number of carboxylic acids is 1. The van der Waals surface area contributed by atoms with Gasteiger partial charge in [0.1, 0.15) is 5.60 Å². The van der Waals surface area contributed by atoms with Crippen molar-refractivity contribution in [2.75, 3.05) is 19.7 Å². The normalized spacial score (nSPS) is 22.2. The maximum absolute atomic E-state index is 14.3. The van der Waals surface area contributed by atoms with Gasteiger partial charge < -0.3 is 19.8 Å². The predicted molar refractivity (Wildman–Crippen MR) is 158 cm³/mol. The SMILES string of the molecule is Cc1cc(C(=O)O)ccc1-c1nn(C(O)c2c(Cl)cccc2C2(C(F)(F)F)CC2)c2c1CCC(C(=O)N1CC3(CCCO3)C1)C2. The van der Waals surface area contributed by atoms with Gasteiger partial charge in [0.25, 0.3) is 0 Å². The first kappa shape index (κ1) is 30.3. The summed E-state index contributed by atoms with van der Waals surface area (Å²) >= 11 is 6.55. The van der Waals surface area contributed by atoms with Crippen LogP contribution in [0.25, 0.3) is 11.3 Å². The van der Waals surface area contributed by atoms with Gasteiger partial charge in [0.05, 0.1) is 29.8 Å². The first-order chi connectivity index (χ1) is 21.3. The van der Waals surface area contributed by atoms with Crippen LogP contribution < -0.4 is 0 Å². The second-order valence-electron chi connectivity index (χ2n) is 13.0. The molecule has 8 nitrogen and oxygen atoms in total. The number of carboxylic acid groups (broad SMARTS) is 1. The van der Waals surface area contributed by atoms with Crippen LogP contribution in [0.2, 0.25) is 5.02 Å². The number of alkyl halides is 3. The number of aryl methyl sites for hydroxylation is 1. The van der Waals surface area contributed by atoms with Crippen LogP contribution in [0.4, 0.5) is 13.2 Å². The van der Waals surface area contributed by atoms with E-state index in [9.17, 15) is 33.0 Å². The van der Waals surface area contributed by atoms with Crippen molar-refractivity contribution < 1.29 is 37.7 Å². The lowest BCUT2D eigenvalue weighted by Crippen LogP contribution is -2.64. The fraction of sp³-hybridized carbons (Fsp3) is 0.485. The molecule has 1 saturated carbocycles. The summed E-state index contributed by atoms with van der Waals surface area (Å²) in [5.74, 6) is -1.49. The third-order valence-electron chi connectivity index (χ3n) is 10.2. The van der Waals surface area contributed by atoms with Crippen LogP contribution >= 0.6 is 11.6 Å². The minimum absolute atomic E-state index is 0.00538. The number of likely N-dealkylation sites (tertiary alicyclic amines) is 1. The maximum atomic E-state index is 14.3. The van der Waals surface area contributed by atoms with E-state index >= 15 is 0 Å². The number of hydrogen-bond acceptors (Lipinski definition) is 5. The lowest BCUT2D eigenvalue weighted by atomic mass is 9.82. The van der Waals surface area contributed by atoms with E-state index in [1.165, 1.54) is 35.0 Å². The lowest BCUT2D eigenvalue weighted by molar-refractivity contribution is -0.162. The fourth-order valence-electron chi connectivity index (χ4n) is 7.57. The summed E-state index contributed by atoms with van der Waals surface area (Å²) in [7, 11) is 0. The van der Waals surface area contributed by atoms with Crippen LogP contribution in [0, 0.1) is 12.8 Å². The van der Waals surface area contributed by atoms with Gasteiger partial charge >= 0.3 is 12.1 Å². The minimum Gasteiger partial charge on any atom is -0.478 e. The Balaban J connectivity index is 1.30. The van der Waals surface area contributed by atoms with Crippen molar-refractivity contribution in [2.45, 2.75) is 75.3 Å². The number of aliphatic hydroxyl groups is 1. The molecule has 3 aromatic rings. The largest absolute Gasteiger partial charge is 0.478 e. The molecule has 2 atom stereocenters. The van der Waals surface area contributed by atoms with Crippen LogP contribution in [-0.2, 0) is 27.8 Å². The van der Waals surface area contributed by atoms with Crippen molar-refractivity contribution in [1.82, 2.24) is 14.7 Å². The van der Waals surface area contributed by atoms with Crippen LogP contribution in [-0.4, -0.2) is 68.2 Å². The number of ether oxygens (including phenoxy) is 1. The van der Waals surface area contributed by atoms with E-state index < -0.39 is 29.7 Å². The average molecular weight is 644 g/mol. The second kappa shape index (κ2) is 10.6. The van der Waals surface area contributed by atoms with Crippen molar-refractivity contribution in [1.29, 1.82) is 0 Å². The summed E-state index contributed by atoms with van der Waals surface area (Å²) in [5, 5.41) is 26.2. The first-order valence-corrected chi connectivity index (χ1v) is 15.6. The highest BCUT2D eigenvalue weighted by Crippen LogP contribution is 2.60. The molecule has 2 unspecified atom stereocenters. The van der Waals surface area contributed by atoms with Gasteiger partial charge in [-0.3, -0.25) is 4.79 Å². The molecule has 1 amide bonds. The Labute approximate surface area is 262 Å².